The first kappa shape index (κ1) is 24.1. The molecular weight excluding hydrogens is 374 g/mol. The number of quaternary nitrogens is 1. The van der Waals surface area contributed by atoms with Crippen molar-refractivity contribution in [1.82, 2.24) is 0 Å². The summed E-state index contributed by atoms with van der Waals surface area (Å²) >= 11 is 0. The van der Waals surface area contributed by atoms with Crippen LogP contribution in [-0.4, -0.2) is 41.7 Å². The Balaban J connectivity index is 2.18. The Bertz CT molecular complexity index is 864. The second-order valence-electron chi connectivity index (χ2n) is 10.4. The lowest BCUT2D eigenvalue weighted by atomic mass is 9.69. The average molecular weight is 413 g/mol. The summed E-state index contributed by atoms with van der Waals surface area (Å²) in [5.41, 5.74) is 1.00. The number of nitrogens with zero attached hydrogens (tertiary/aromatic N) is 1. The van der Waals surface area contributed by atoms with E-state index in [1.807, 2.05) is 6.07 Å². The molecule has 0 aromatic heterocycles. The molecule has 0 fully saturated rings. The van der Waals surface area contributed by atoms with Crippen LogP contribution in [0.3, 0.4) is 0 Å². The maximum absolute atomic E-state index is 12.7. The van der Waals surface area contributed by atoms with Gasteiger partial charge in [0.1, 0.15) is 11.3 Å². The highest BCUT2D eigenvalue weighted by atomic mass is 16.3. The van der Waals surface area contributed by atoms with Gasteiger partial charge in [0, 0.05) is 0 Å². The van der Waals surface area contributed by atoms with Gasteiger partial charge in [0.2, 0.25) is 0 Å². The lowest BCUT2D eigenvalue weighted by Gasteiger charge is -2.39. The molecule has 0 saturated carbocycles. The highest BCUT2D eigenvalue weighted by molar-refractivity contribution is 5.92. The van der Waals surface area contributed by atoms with Crippen LogP contribution in [0.15, 0.2) is 48.5 Å². The van der Waals surface area contributed by atoms with E-state index in [0.29, 0.717) is 17.9 Å². The van der Waals surface area contributed by atoms with Gasteiger partial charge in [0.15, 0.2) is 0 Å². The van der Waals surface area contributed by atoms with E-state index in [9.17, 15) is 15.0 Å². The molecule has 2 unspecified atom stereocenters. The Hall–Kier alpha value is -2.17. The molecule has 2 N–H and O–H groups in total. The number of carbonyl (C=O) groups is 1. The van der Waals surface area contributed by atoms with Crippen LogP contribution in [0.2, 0.25) is 0 Å². The number of hydrogen-bond donors (Lipinski definition) is 2. The molecule has 0 saturated heterocycles. The summed E-state index contributed by atoms with van der Waals surface area (Å²) < 4.78 is 0.0706. The molecule has 2 aromatic rings. The second-order valence-corrected chi connectivity index (χ2v) is 10.4. The van der Waals surface area contributed by atoms with Gasteiger partial charge >= 0.3 is 5.91 Å². The van der Waals surface area contributed by atoms with Crippen LogP contribution < -0.4 is 0 Å². The smallest absolute Gasteiger partial charge is 0.349 e. The predicted molar refractivity (Wildman–Crippen MR) is 122 cm³/mol. The fraction of sp³-hybridized carbons (Fsp3) is 0.500. The number of phenolic OH excluding ortho intramolecular Hbond substituents is 1. The molecule has 0 heterocycles. The lowest BCUT2D eigenvalue weighted by molar-refractivity contribution is -0.785. The number of aliphatic hydroxyl groups is 1. The Morgan fingerprint density at radius 2 is 1.63 bits per heavy atom. The van der Waals surface area contributed by atoms with E-state index in [4.69, 9.17) is 0 Å². The van der Waals surface area contributed by atoms with Crippen LogP contribution in [0.5, 0.6) is 5.75 Å². The zero-order valence-electron chi connectivity index (χ0n) is 19.6. The van der Waals surface area contributed by atoms with Crippen LogP contribution in [0, 0.1) is 11.3 Å². The van der Waals surface area contributed by atoms with E-state index in [1.54, 1.807) is 40.2 Å². The summed E-state index contributed by atoms with van der Waals surface area (Å²) in [7, 11) is 5.30. The molecule has 0 radical (unpaired) electrons. The average Bonchev–Trinajstić information content (AvgIpc) is 2.65. The van der Waals surface area contributed by atoms with Gasteiger partial charge in [-0.3, -0.25) is 4.48 Å². The van der Waals surface area contributed by atoms with E-state index in [1.165, 1.54) is 11.6 Å². The fourth-order valence-electron chi connectivity index (χ4n) is 3.99. The van der Waals surface area contributed by atoms with Crippen molar-refractivity contribution in [3.05, 3.63) is 65.2 Å². The number of carbonyl (C=O) groups excluding carboxylic acids is 1. The minimum atomic E-state index is -1.11. The van der Waals surface area contributed by atoms with Crippen LogP contribution in [-0.2, 0) is 12.0 Å². The van der Waals surface area contributed by atoms with E-state index in [-0.39, 0.29) is 27.1 Å². The molecule has 2 aromatic carbocycles. The fourth-order valence-corrected chi connectivity index (χ4v) is 3.99. The Labute approximate surface area is 181 Å². The van der Waals surface area contributed by atoms with Crippen LogP contribution in [0.4, 0.5) is 0 Å². The summed E-state index contributed by atoms with van der Waals surface area (Å²) in [4.78, 5) is 12.7. The SMILES string of the molecule is CC(CCc1ccccc1)C(C)(C)CC(C)(O)c1ccc(O)c(C(=O)[N+](C)(C)C)c1. The molecule has 0 spiro atoms. The second kappa shape index (κ2) is 8.91. The number of amides is 1. The molecule has 30 heavy (non-hydrogen) atoms. The van der Waals surface area contributed by atoms with Gasteiger partial charge < -0.3 is 10.2 Å². The third kappa shape index (κ3) is 5.93. The largest absolute Gasteiger partial charge is 0.507 e. The van der Waals surface area contributed by atoms with E-state index >= 15 is 0 Å². The van der Waals surface area contributed by atoms with E-state index < -0.39 is 5.60 Å². The molecule has 2 rings (SSSR count). The van der Waals surface area contributed by atoms with Gasteiger partial charge in [-0.2, -0.15) is 0 Å². The summed E-state index contributed by atoms with van der Waals surface area (Å²) in [5.74, 6) is 0.150. The maximum Gasteiger partial charge on any atom is 0.349 e. The molecule has 164 valence electrons. The monoisotopic (exact) mass is 412 g/mol. The number of aryl methyl sites for hydroxylation is 1. The Morgan fingerprint density at radius 3 is 2.20 bits per heavy atom. The zero-order chi connectivity index (χ0) is 22.7. The van der Waals surface area contributed by atoms with Crippen molar-refractivity contribution in [1.29, 1.82) is 0 Å². The predicted octanol–water partition coefficient (Wildman–Crippen LogP) is 5.13. The summed E-state index contributed by atoms with van der Waals surface area (Å²) in [6, 6.07) is 15.3. The first-order valence-corrected chi connectivity index (χ1v) is 10.7. The van der Waals surface area contributed by atoms with Crippen LogP contribution in [0.1, 0.15) is 62.0 Å². The number of phenols is 1. The number of benzene rings is 2. The third-order valence-electron chi connectivity index (χ3n) is 6.30. The molecular formula is C26H38NO3+. The van der Waals surface area contributed by atoms with Crippen molar-refractivity contribution in [2.45, 2.75) is 52.6 Å². The molecule has 2 atom stereocenters. The van der Waals surface area contributed by atoms with Gasteiger partial charge in [-0.1, -0.05) is 57.2 Å². The Morgan fingerprint density at radius 1 is 1.03 bits per heavy atom. The molecule has 4 nitrogen and oxygen atoms in total. The van der Waals surface area contributed by atoms with Gasteiger partial charge in [-0.15, -0.1) is 0 Å². The van der Waals surface area contributed by atoms with Gasteiger partial charge in [0.25, 0.3) is 0 Å². The normalized spacial score (nSPS) is 15.5. The van der Waals surface area contributed by atoms with Crippen molar-refractivity contribution in [2.24, 2.45) is 11.3 Å². The standard InChI is InChI=1S/C26H37NO3/c1-19(13-14-20-11-9-8-10-12-20)25(2,3)18-26(4,30)21-15-16-23(28)22(17-21)24(29)27(5,6)7/h8-12,15-17,19,30H,13-14,18H2,1-7H3/p+1. The van der Waals surface area contributed by atoms with Crippen molar-refractivity contribution in [3.8, 4) is 5.75 Å². The van der Waals surface area contributed by atoms with Crippen molar-refractivity contribution < 1.29 is 19.5 Å². The molecule has 0 aliphatic heterocycles. The van der Waals surface area contributed by atoms with Crippen molar-refractivity contribution >= 4 is 5.91 Å². The summed E-state index contributed by atoms with van der Waals surface area (Å²) in [6.45, 7) is 8.42. The van der Waals surface area contributed by atoms with E-state index in [0.717, 1.165) is 12.8 Å². The number of aromatic hydroxyl groups is 1. The molecule has 0 aliphatic carbocycles. The highest BCUT2D eigenvalue weighted by Crippen LogP contribution is 2.42. The van der Waals surface area contributed by atoms with Crippen molar-refractivity contribution in [3.63, 3.8) is 0 Å². The molecule has 1 amide bonds. The Kier molecular flexibility index (Phi) is 7.16. The number of rotatable bonds is 8. The van der Waals surface area contributed by atoms with Gasteiger partial charge in [-0.05, 0) is 60.8 Å². The first-order valence-electron chi connectivity index (χ1n) is 10.7. The summed E-state index contributed by atoms with van der Waals surface area (Å²) in [5, 5.41) is 21.6. The molecule has 0 aliphatic rings. The molecule has 4 heteroatoms. The third-order valence-corrected chi connectivity index (χ3v) is 6.30. The minimum absolute atomic E-state index is 0.0527. The van der Waals surface area contributed by atoms with Crippen LogP contribution >= 0.6 is 0 Å². The molecule has 0 bridgehead atoms. The lowest BCUT2D eigenvalue weighted by Crippen LogP contribution is -2.41. The van der Waals surface area contributed by atoms with Crippen LogP contribution in [0.25, 0.3) is 0 Å². The minimum Gasteiger partial charge on any atom is -0.507 e. The van der Waals surface area contributed by atoms with Gasteiger partial charge in [0.05, 0.1) is 26.7 Å². The first-order chi connectivity index (χ1) is 13.7. The summed E-state index contributed by atoms with van der Waals surface area (Å²) in [6.07, 6.45) is 2.60. The highest BCUT2D eigenvalue weighted by Gasteiger charge is 2.37. The van der Waals surface area contributed by atoms with E-state index in [2.05, 4.69) is 45.0 Å². The maximum atomic E-state index is 12.7. The number of hydrogen-bond acceptors (Lipinski definition) is 3. The van der Waals surface area contributed by atoms with Crippen molar-refractivity contribution in [2.75, 3.05) is 21.1 Å². The van der Waals surface area contributed by atoms with Gasteiger partial charge in [-0.25, -0.2) is 4.79 Å². The quantitative estimate of drug-likeness (QED) is 0.591. The topological polar surface area (TPSA) is 57.5 Å². The zero-order valence-corrected chi connectivity index (χ0v) is 19.6.